The molecule has 4 nitrogen and oxygen atoms in total. The number of piperazine rings is 1. The second kappa shape index (κ2) is 8.61. The Kier molecular flexibility index (Phi) is 7.44. The van der Waals surface area contributed by atoms with Gasteiger partial charge < -0.3 is 14.8 Å². The van der Waals surface area contributed by atoms with Crippen molar-refractivity contribution < 1.29 is 22.6 Å². The number of halogens is 4. The Morgan fingerprint density at radius 3 is 2.35 bits per heavy atom. The molecule has 1 aromatic carbocycles. The van der Waals surface area contributed by atoms with Gasteiger partial charge in [-0.2, -0.15) is 13.2 Å². The molecule has 0 amide bonds. The lowest BCUT2D eigenvalue weighted by Crippen LogP contribution is -2.46. The van der Waals surface area contributed by atoms with Gasteiger partial charge in [0.15, 0.2) is 11.5 Å². The van der Waals surface area contributed by atoms with Crippen LogP contribution < -0.4 is 14.8 Å². The Bertz CT molecular complexity index is 494. The molecule has 1 N–H and O–H groups in total. The van der Waals surface area contributed by atoms with Crippen LogP contribution in [0.4, 0.5) is 13.2 Å². The molecule has 1 heterocycles. The number of benzene rings is 1. The quantitative estimate of drug-likeness (QED) is 0.881. The second-order valence-electron chi connectivity index (χ2n) is 5.20. The summed E-state index contributed by atoms with van der Waals surface area (Å²) in [7, 11) is 2.93. The molecule has 0 radical (unpaired) electrons. The fraction of sp³-hybridized carbons (Fsp3) is 0.600. The van der Waals surface area contributed by atoms with Crippen molar-refractivity contribution in [2.75, 3.05) is 40.4 Å². The average Bonchev–Trinajstić information content (AvgIpc) is 2.51. The Morgan fingerprint density at radius 1 is 1.17 bits per heavy atom. The number of rotatable bonds is 5. The van der Waals surface area contributed by atoms with Crippen LogP contribution in [0.2, 0.25) is 0 Å². The van der Waals surface area contributed by atoms with Gasteiger partial charge in [0.1, 0.15) is 0 Å². The minimum Gasteiger partial charge on any atom is -0.493 e. The summed E-state index contributed by atoms with van der Waals surface area (Å²) < 4.78 is 49.7. The minimum atomic E-state index is -4.25. The first kappa shape index (κ1) is 19.9. The van der Waals surface area contributed by atoms with E-state index in [-0.39, 0.29) is 12.4 Å². The average molecular weight is 355 g/mol. The maximum Gasteiger partial charge on any atom is 0.390 e. The molecule has 0 saturated carbocycles. The summed E-state index contributed by atoms with van der Waals surface area (Å²) in [5.74, 6) is 0.820. The SMILES string of the molecule is COc1cccc([C@H](CC(F)(F)F)N2CCNCC2)c1OC.Cl. The molecule has 0 spiro atoms. The van der Waals surface area contributed by atoms with Crippen LogP contribution in [-0.2, 0) is 0 Å². The molecule has 1 aromatic rings. The molecule has 23 heavy (non-hydrogen) atoms. The van der Waals surface area contributed by atoms with Gasteiger partial charge >= 0.3 is 6.18 Å². The van der Waals surface area contributed by atoms with Crippen molar-refractivity contribution in [1.82, 2.24) is 10.2 Å². The van der Waals surface area contributed by atoms with Crippen LogP contribution in [0.1, 0.15) is 18.0 Å². The minimum absolute atomic E-state index is 0. The molecule has 1 aliphatic rings. The maximum atomic E-state index is 13.1. The van der Waals surface area contributed by atoms with E-state index in [9.17, 15) is 13.2 Å². The largest absolute Gasteiger partial charge is 0.493 e. The molecular weight excluding hydrogens is 333 g/mol. The molecule has 1 saturated heterocycles. The Morgan fingerprint density at radius 2 is 1.83 bits per heavy atom. The summed E-state index contributed by atoms with van der Waals surface area (Å²) in [6.45, 7) is 2.50. The predicted molar refractivity (Wildman–Crippen MR) is 84.6 cm³/mol. The third kappa shape index (κ3) is 5.16. The highest BCUT2D eigenvalue weighted by Crippen LogP contribution is 2.41. The van der Waals surface area contributed by atoms with Gasteiger partial charge in [0.05, 0.1) is 20.6 Å². The normalized spacial score (nSPS) is 17.3. The van der Waals surface area contributed by atoms with Crippen molar-refractivity contribution in [1.29, 1.82) is 0 Å². The smallest absolute Gasteiger partial charge is 0.390 e. The number of para-hydroxylation sites is 1. The summed E-state index contributed by atoms with van der Waals surface area (Å²) in [6.07, 6.45) is -5.15. The zero-order valence-electron chi connectivity index (χ0n) is 13.2. The standard InChI is InChI=1S/C15H21F3N2O2.ClH/c1-21-13-5-3-4-11(14(13)22-2)12(10-15(16,17)18)20-8-6-19-7-9-20;/h3-5,12,19H,6-10H2,1-2H3;1H/t12-;/m0./s1. The van der Waals surface area contributed by atoms with Crippen molar-refractivity contribution in [3.05, 3.63) is 23.8 Å². The van der Waals surface area contributed by atoms with Gasteiger partial charge in [-0.05, 0) is 6.07 Å². The fourth-order valence-electron chi connectivity index (χ4n) is 2.82. The number of ether oxygens (including phenoxy) is 2. The third-order valence-electron chi connectivity index (χ3n) is 3.81. The molecule has 132 valence electrons. The second-order valence-corrected chi connectivity index (χ2v) is 5.20. The first-order valence-electron chi connectivity index (χ1n) is 7.18. The highest BCUT2D eigenvalue weighted by Gasteiger charge is 2.37. The zero-order valence-corrected chi connectivity index (χ0v) is 14.0. The maximum absolute atomic E-state index is 13.1. The summed E-state index contributed by atoms with van der Waals surface area (Å²) in [6, 6.07) is 4.29. The van der Waals surface area contributed by atoms with E-state index in [1.807, 2.05) is 4.90 Å². The molecule has 0 aliphatic carbocycles. The zero-order chi connectivity index (χ0) is 16.2. The van der Waals surface area contributed by atoms with Gasteiger partial charge in [-0.1, -0.05) is 12.1 Å². The van der Waals surface area contributed by atoms with Crippen LogP contribution in [0.15, 0.2) is 18.2 Å². The fourth-order valence-corrected chi connectivity index (χ4v) is 2.82. The number of alkyl halides is 3. The molecular formula is C15H22ClF3N2O2. The van der Waals surface area contributed by atoms with E-state index in [1.54, 1.807) is 18.2 Å². The molecule has 0 aromatic heterocycles. The van der Waals surface area contributed by atoms with Gasteiger partial charge in [0.2, 0.25) is 0 Å². The Labute approximate surface area is 140 Å². The van der Waals surface area contributed by atoms with E-state index in [4.69, 9.17) is 9.47 Å². The van der Waals surface area contributed by atoms with Crippen LogP contribution in [-0.4, -0.2) is 51.5 Å². The molecule has 2 rings (SSSR count). The lowest BCUT2D eigenvalue weighted by atomic mass is 9.99. The summed E-state index contributed by atoms with van der Waals surface area (Å²) >= 11 is 0. The lowest BCUT2D eigenvalue weighted by molar-refractivity contribution is -0.148. The van der Waals surface area contributed by atoms with E-state index in [2.05, 4.69) is 5.32 Å². The Hall–Kier alpha value is -1.18. The van der Waals surface area contributed by atoms with E-state index in [0.717, 1.165) is 0 Å². The summed E-state index contributed by atoms with van der Waals surface area (Å²) in [5.41, 5.74) is 0.515. The van der Waals surface area contributed by atoms with Gasteiger partial charge in [-0.25, -0.2) is 0 Å². The summed E-state index contributed by atoms with van der Waals surface area (Å²) in [4.78, 5) is 1.85. The van der Waals surface area contributed by atoms with Crippen molar-refractivity contribution in [3.63, 3.8) is 0 Å². The van der Waals surface area contributed by atoms with Crippen molar-refractivity contribution >= 4 is 12.4 Å². The number of methoxy groups -OCH3 is 2. The van der Waals surface area contributed by atoms with Gasteiger partial charge in [-0.3, -0.25) is 4.90 Å². The lowest BCUT2D eigenvalue weighted by Gasteiger charge is -2.36. The van der Waals surface area contributed by atoms with E-state index in [1.165, 1.54) is 14.2 Å². The van der Waals surface area contributed by atoms with E-state index < -0.39 is 18.6 Å². The van der Waals surface area contributed by atoms with Crippen LogP contribution in [0, 0.1) is 0 Å². The van der Waals surface area contributed by atoms with Crippen molar-refractivity contribution in [2.24, 2.45) is 0 Å². The highest BCUT2D eigenvalue weighted by atomic mass is 35.5. The van der Waals surface area contributed by atoms with Crippen LogP contribution in [0.3, 0.4) is 0 Å². The van der Waals surface area contributed by atoms with Gasteiger partial charge in [0, 0.05) is 37.8 Å². The molecule has 1 aliphatic heterocycles. The molecule has 1 atom stereocenters. The Balaban J connectivity index is 0.00000264. The van der Waals surface area contributed by atoms with Crippen LogP contribution >= 0.6 is 12.4 Å². The van der Waals surface area contributed by atoms with Gasteiger partial charge in [0.25, 0.3) is 0 Å². The van der Waals surface area contributed by atoms with Gasteiger partial charge in [-0.15, -0.1) is 12.4 Å². The number of hydrogen-bond acceptors (Lipinski definition) is 4. The predicted octanol–water partition coefficient (Wildman–Crippen LogP) is 3.02. The van der Waals surface area contributed by atoms with Crippen LogP contribution in [0.5, 0.6) is 11.5 Å². The highest BCUT2D eigenvalue weighted by molar-refractivity contribution is 5.85. The first-order chi connectivity index (χ1) is 10.5. The summed E-state index contributed by atoms with van der Waals surface area (Å²) in [5, 5.41) is 3.16. The molecule has 1 fully saturated rings. The number of hydrogen-bond donors (Lipinski definition) is 1. The van der Waals surface area contributed by atoms with E-state index >= 15 is 0 Å². The molecule has 0 unspecified atom stereocenters. The van der Waals surface area contributed by atoms with Crippen molar-refractivity contribution in [3.8, 4) is 11.5 Å². The molecule has 8 heteroatoms. The van der Waals surface area contributed by atoms with Crippen LogP contribution in [0.25, 0.3) is 0 Å². The number of nitrogens with one attached hydrogen (secondary N) is 1. The first-order valence-corrected chi connectivity index (χ1v) is 7.18. The van der Waals surface area contributed by atoms with Crippen molar-refractivity contribution in [2.45, 2.75) is 18.6 Å². The topological polar surface area (TPSA) is 33.7 Å². The number of nitrogens with zero attached hydrogens (tertiary/aromatic N) is 1. The molecule has 0 bridgehead atoms. The monoisotopic (exact) mass is 354 g/mol. The van der Waals surface area contributed by atoms with E-state index in [0.29, 0.717) is 43.2 Å². The third-order valence-corrected chi connectivity index (χ3v) is 3.81.